The van der Waals surface area contributed by atoms with E-state index < -0.39 is 23.2 Å². The lowest BCUT2D eigenvalue weighted by Crippen LogP contribution is -2.38. The molecule has 0 saturated heterocycles. The number of carbonyl (C=O) groups is 1. The predicted octanol–water partition coefficient (Wildman–Crippen LogP) is 0.961. The summed E-state index contributed by atoms with van der Waals surface area (Å²) < 4.78 is 5.66. The number of amides is 1. The van der Waals surface area contributed by atoms with E-state index in [9.17, 15) is 14.4 Å². The number of hydrogen-bond donors (Lipinski definition) is 4. The number of nitrogens with zero attached hydrogens (tertiary/aromatic N) is 2. The third-order valence-corrected chi connectivity index (χ3v) is 4.06. The van der Waals surface area contributed by atoms with Gasteiger partial charge in [-0.3, -0.25) is 14.6 Å². The molecule has 0 spiro atoms. The lowest BCUT2D eigenvalue weighted by molar-refractivity contribution is -0.121. The lowest BCUT2D eigenvalue weighted by Gasteiger charge is -2.12. The Bertz CT molecular complexity index is 1170. The first-order chi connectivity index (χ1) is 14.0. The average Bonchev–Trinajstić information content (AvgIpc) is 2.71. The number of carbonyl (C=O) groups excluding carboxylic acids is 1. The van der Waals surface area contributed by atoms with Gasteiger partial charge in [-0.1, -0.05) is 30.3 Å². The van der Waals surface area contributed by atoms with Crippen LogP contribution in [0.15, 0.2) is 51.1 Å². The monoisotopic (exact) mass is 396 g/mol. The predicted molar refractivity (Wildman–Crippen MR) is 109 cm³/mol. The van der Waals surface area contributed by atoms with Crippen LogP contribution in [0.2, 0.25) is 0 Å². The Balaban J connectivity index is 1.75. The molecule has 150 valence electrons. The van der Waals surface area contributed by atoms with Gasteiger partial charge in [0.05, 0.1) is 12.8 Å². The number of aromatic amines is 2. The van der Waals surface area contributed by atoms with E-state index >= 15 is 0 Å². The highest BCUT2D eigenvalue weighted by molar-refractivity contribution is 6.02. The smallest absolute Gasteiger partial charge is 0.342 e. The number of nitrogens with one attached hydrogen (secondary N) is 4. The number of aromatic nitrogens is 3. The van der Waals surface area contributed by atoms with Crippen molar-refractivity contribution < 1.29 is 9.53 Å². The summed E-state index contributed by atoms with van der Waals surface area (Å²) in [6.07, 6.45) is 1.52. The Morgan fingerprint density at radius 1 is 1.28 bits per heavy atom. The second-order valence-electron chi connectivity index (χ2n) is 6.09. The van der Waals surface area contributed by atoms with Gasteiger partial charge in [0, 0.05) is 5.56 Å². The van der Waals surface area contributed by atoms with E-state index in [-0.39, 0.29) is 5.82 Å². The summed E-state index contributed by atoms with van der Waals surface area (Å²) in [6.45, 7) is 3.91. The highest BCUT2D eigenvalue weighted by Crippen LogP contribution is 2.26. The zero-order valence-corrected chi connectivity index (χ0v) is 15.9. The van der Waals surface area contributed by atoms with E-state index in [1.807, 2.05) is 48.3 Å². The molecule has 3 rings (SSSR count). The number of hydrogen-bond acceptors (Lipinski definition) is 7. The van der Waals surface area contributed by atoms with Gasteiger partial charge in [-0.2, -0.15) is 5.10 Å². The standard InChI is InChI=1S/C19H20N6O4/c1-3-29-15-9-8-12-6-4-5-7-13(12)14(15)10-20-24-17(26)11(2)21-16-18(27)22-19(28)25-23-16/h4-11H,3H2,1-2H3,(H,21,23)(H,24,26)(H2,22,25,27,28)/b20-10-/t11-/m1/s1. The molecule has 10 nitrogen and oxygen atoms in total. The Hall–Kier alpha value is -3.95. The van der Waals surface area contributed by atoms with Crippen molar-refractivity contribution in [3.05, 3.63) is 62.8 Å². The Morgan fingerprint density at radius 2 is 2.07 bits per heavy atom. The molecule has 2 aromatic carbocycles. The molecule has 3 aromatic rings. The SMILES string of the molecule is CCOc1ccc2ccccc2c1/C=N\NC(=O)[C@@H](C)Nc1n[nH]c(=O)[nH]c1=O. The van der Waals surface area contributed by atoms with Gasteiger partial charge >= 0.3 is 5.69 Å². The summed E-state index contributed by atoms with van der Waals surface area (Å²) in [5.41, 5.74) is 1.70. The first kappa shape index (κ1) is 19.8. The highest BCUT2D eigenvalue weighted by Gasteiger charge is 2.15. The molecule has 1 aromatic heterocycles. The average molecular weight is 396 g/mol. The molecule has 29 heavy (non-hydrogen) atoms. The van der Waals surface area contributed by atoms with Crippen LogP contribution in [0.4, 0.5) is 5.82 Å². The Morgan fingerprint density at radius 3 is 2.83 bits per heavy atom. The minimum absolute atomic E-state index is 0.177. The van der Waals surface area contributed by atoms with Crippen LogP contribution < -0.4 is 26.7 Å². The fourth-order valence-electron chi connectivity index (χ4n) is 2.66. The van der Waals surface area contributed by atoms with E-state index in [0.29, 0.717) is 12.4 Å². The minimum Gasteiger partial charge on any atom is -0.493 e. The van der Waals surface area contributed by atoms with Gasteiger partial charge in [0.1, 0.15) is 11.8 Å². The zero-order valence-electron chi connectivity index (χ0n) is 15.9. The van der Waals surface area contributed by atoms with Crippen molar-refractivity contribution in [2.75, 3.05) is 11.9 Å². The van der Waals surface area contributed by atoms with Crippen molar-refractivity contribution in [1.29, 1.82) is 0 Å². The van der Waals surface area contributed by atoms with Crippen molar-refractivity contribution in [3.63, 3.8) is 0 Å². The topological polar surface area (TPSA) is 141 Å². The minimum atomic E-state index is -0.828. The molecule has 4 N–H and O–H groups in total. The summed E-state index contributed by atoms with van der Waals surface area (Å²) in [4.78, 5) is 36.9. The van der Waals surface area contributed by atoms with Gasteiger partial charge < -0.3 is 10.1 Å². The van der Waals surface area contributed by atoms with E-state index in [1.165, 1.54) is 13.1 Å². The fourth-order valence-corrected chi connectivity index (χ4v) is 2.66. The number of rotatable bonds is 7. The molecule has 1 amide bonds. The first-order valence-corrected chi connectivity index (χ1v) is 8.92. The molecule has 0 saturated carbocycles. The summed E-state index contributed by atoms with van der Waals surface area (Å²) >= 11 is 0. The molecule has 0 aliphatic carbocycles. The number of anilines is 1. The summed E-state index contributed by atoms with van der Waals surface area (Å²) in [5, 5.41) is 14.2. The van der Waals surface area contributed by atoms with Crippen LogP contribution in [0.3, 0.4) is 0 Å². The number of fused-ring (bicyclic) bond motifs is 1. The molecule has 10 heteroatoms. The molecule has 0 aliphatic rings. The fraction of sp³-hybridized carbons (Fsp3) is 0.211. The van der Waals surface area contributed by atoms with Crippen molar-refractivity contribution >= 4 is 28.7 Å². The number of benzene rings is 2. The molecule has 0 radical (unpaired) electrons. The van der Waals surface area contributed by atoms with Gasteiger partial charge in [-0.15, -0.1) is 5.10 Å². The van der Waals surface area contributed by atoms with E-state index in [0.717, 1.165) is 16.3 Å². The maximum Gasteiger partial charge on any atom is 0.342 e. The number of H-pyrrole nitrogens is 2. The van der Waals surface area contributed by atoms with Gasteiger partial charge in [0.2, 0.25) is 5.82 Å². The van der Waals surface area contributed by atoms with E-state index in [1.54, 1.807) is 0 Å². The molecular formula is C19H20N6O4. The molecule has 0 fully saturated rings. The third kappa shape index (κ3) is 4.67. The Labute approximate surface area is 165 Å². The largest absolute Gasteiger partial charge is 0.493 e. The number of ether oxygens (including phenoxy) is 1. The van der Waals surface area contributed by atoms with E-state index in [4.69, 9.17) is 4.74 Å². The molecule has 0 bridgehead atoms. The summed E-state index contributed by atoms with van der Waals surface area (Å²) in [7, 11) is 0. The second-order valence-corrected chi connectivity index (χ2v) is 6.09. The van der Waals surface area contributed by atoms with Crippen LogP contribution in [0.5, 0.6) is 5.75 Å². The van der Waals surface area contributed by atoms with Gasteiger partial charge in [0.15, 0.2) is 0 Å². The Kier molecular flexibility index (Phi) is 6.03. The molecule has 0 aliphatic heterocycles. The maximum absolute atomic E-state index is 12.3. The van der Waals surface area contributed by atoms with Crippen LogP contribution >= 0.6 is 0 Å². The third-order valence-electron chi connectivity index (χ3n) is 4.06. The maximum atomic E-state index is 12.3. The second kappa shape index (κ2) is 8.83. The highest BCUT2D eigenvalue weighted by atomic mass is 16.5. The quantitative estimate of drug-likeness (QED) is 0.346. The van der Waals surface area contributed by atoms with Gasteiger partial charge in [0.25, 0.3) is 11.5 Å². The molecular weight excluding hydrogens is 376 g/mol. The van der Waals surface area contributed by atoms with Crippen LogP contribution in [-0.4, -0.2) is 40.0 Å². The normalized spacial score (nSPS) is 12.1. The zero-order chi connectivity index (χ0) is 20.8. The van der Waals surface area contributed by atoms with Gasteiger partial charge in [-0.05, 0) is 30.7 Å². The van der Waals surface area contributed by atoms with Crippen LogP contribution in [0, 0.1) is 0 Å². The first-order valence-electron chi connectivity index (χ1n) is 8.92. The number of hydrazone groups is 1. The van der Waals surface area contributed by atoms with Crippen LogP contribution in [-0.2, 0) is 4.79 Å². The summed E-state index contributed by atoms with van der Waals surface area (Å²) in [6, 6.07) is 10.7. The van der Waals surface area contributed by atoms with E-state index in [2.05, 4.69) is 26.0 Å². The molecule has 1 heterocycles. The van der Waals surface area contributed by atoms with Crippen molar-refractivity contribution in [2.24, 2.45) is 5.10 Å². The van der Waals surface area contributed by atoms with Crippen LogP contribution in [0.25, 0.3) is 10.8 Å². The van der Waals surface area contributed by atoms with Gasteiger partial charge in [-0.25, -0.2) is 15.3 Å². The van der Waals surface area contributed by atoms with Crippen LogP contribution in [0.1, 0.15) is 19.4 Å². The lowest BCUT2D eigenvalue weighted by atomic mass is 10.0. The van der Waals surface area contributed by atoms with Crippen molar-refractivity contribution in [1.82, 2.24) is 20.6 Å². The molecule has 1 atom stereocenters. The van der Waals surface area contributed by atoms with Crippen molar-refractivity contribution in [2.45, 2.75) is 19.9 Å². The summed E-state index contributed by atoms with van der Waals surface area (Å²) in [5.74, 6) is -0.0184. The van der Waals surface area contributed by atoms with Crippen molar-refractivity contribution in [3.8, 4) is 5.75 Å². The molecule has 0 unspecified atom stereocenters.